The molecule has 1 aliphatic heterocycles. The number of nitrogens with zero attached hydrogens (tertiary/aromatic N) is 3. The summed E-state index contributed by atoms with van der Waals surface area (Å²) < 4.78 is 1.99. The molecule has 2 heterocycles. The van der Waals surface area contributed by atoms with Gasteiger partial charge >= 0.3 is 0 Å². The highest BCUT2D eigenvalue weighted by molar-refractivity contribution is 6.05. The second-order valence-corrected chi connectivity index (χ2v) is 9.00. The number of anilines is 1. The van der Waals surface area contributed by atoms with Crippen LogP contribution in [0.5, 0.6) is 0 Å². The largest absolute Gasteiger partial charge is 0.326 e. The lowest BCUT2D eigenvalue weighted by Gasteiger charge is -2.17. The number of rotatable bonds is 6. The first-order valence-electron chi connectivity index (χ1n) is 11.6. The van der Waals surface area contributed by atoms with Crippen LogP contribution in [0.2, 0.25) is 0 Å². The molecule has 0 saturated carbocycles. The van der Waals surface area contributed by atoms with Gasteiger partial charge in [0.1, 0.15) is 0 Å². The van der Waals surface area contributed by atoms with Crippen molar-refractivity contribution in [3.63, 3.8) is 0 Å². The maximum atomic E-state index is 13.2. The Balaban J connectivity index is 1.42. The van der Waals surface area contributed by atoms with Crippen LogP contribution in [0.3, 0.4) is 0 Å². The lowest BCUT2D eigenvalue weighted by molar-refractivity contribution is 0.102. The molecule has 0 radical (unpaired) electrons. The lowest BCUT2D eigenvalue weighted by Crippen LogP contribution is -2.26. The zero-order valence-corrected chi connectivity index (χ0v) is 19.3. The van der Waals surface area contributed by atoms with Gasteiger partial charge in [0.15, 0.2) is 0 Å². The summed E-state index contributed by atoms with van der Waals surface area (Å²) in [6, 6.07) is 24.2. The first kappa shape index (κ1) is 22.1. The van der Waals surface area contributed by atoms with E-state index in [4.69, 9.17) is 5.73 Å². The highest BCUT2D eigenvalue weighted by Gasteiger charge is 2.19. The average molecular weight is 452 g/mol. The fourth-order valence-corrected chi connectivity index (χ4v) is 4.49. The van der Waals surface area contributed by atoms with Crippen molar-refractivity contribution in [2.45, 2.75) is 25.9 Å². The zero-order valence-electron chi connectivity index (χ0n) is 19.3. The Labute approximate surface area is 200 Å². The van der Waals surface area contributed by atoms with E-state index in [1.54, 1.807) is 6.33 Å². The summed E-state index contributed by atoms with van der Waals surface area (Å²) in [4.78, 5) is 19.9. The minimum absolute atomic E-state index is 0.133. The van der Waals surface area contributed by atoms with E-state index in [-0.39, 0.29) is 11.9 Å². The van der Waals surface area contributed by atoms with Gasteiger partial charge in [-0.15, -0.1) is 0 Å². The number of carbonyl (C=O) groups excluding carboxylic acids is 1. The molecular weight excluding hydrogens is 422 g/mol. The van der Waals surface area contributed by atoms with Gasteiger partial charge < -0.3 is 15.6 Å². The Morgan fingerprint density at radius 1 is 1.06 bits per heavy atom. The Bertz CT molecular complexity index is 1300. The van der Waals surface area contributed by atoms with E-state index in [1.165, 1.54) is 0 Å². The third-order valence-electron chi connectivity index (χ3n) is 6.19. The first-order valence-corrected chi connectivity index (χ1v) is 11.6. The number of imidazole rings is 1. The molecule has 6 nitrogen and oxygen atoms in total. The predicted molar refractivity (Wildman–Crippen MR) is 136 cm³/mol. The van der Waals surface area contributed by atoms with Gasteiger partial charge in [0.05, 0.1) is 12.0 Å². The van der Waals surface area contributed by atoms with Crippen molar-refractivity contribution in [3.05, 3.63) is 102 Å². The van der Waals surface area contributed by atoms with Crippen molar-refractivity contribution in [1.82, 2.24) is 14.5 Å². The van der Waals surface area contributed by atoms with Crippen LogP contribution in [0.25, 0.3) is 16.8 Å². The number of likely N-dealkylation sites (tertiary alicyclic amines) is 1. The maximum Gasteiger partial charge on any atom is 0.255 e. The van der Waals surface area contributed by atoms with Gasteiger partial charge in [0.2, 0.25) is 0 Å². The molecule has 1 fully saturated rings. The molecule has 1 atom stereocenters. The number of aromatic nitrogens is 2. The smallest absolute Gasteiger partial charge is 0.255 e. The standard InChI is InChI=1S/C28H29N5O/c1-20-16-33(19-30-20)27-13-21(17-32-11-10-25(29)18-32)12-26(15-27)31-28(34)24-9-5-8-23(14-24)22-6-3-2-4-7-22/h2-9,12-16,19,25H,10-11,17-18,29H2,1H3,(H,31,34)/t25-/m0/s1. The SMILES string of the molecule is Cc1cn(-c2cc(CN3CC[C@H](N)C3)cc(NC(=O)c3cccc(-c4ccccc4)c3)c2)cn1. The molecule has 0 spiro atoms. The van der Waals surface area contributed by atoms with Gasteiger partial charge in [0, 0.05) is 48.8 Å². The van der Waals surface area contributed by atoms with Crippen LogP contribution in [-0.4, -0.2) is 39.5 Å². The van der Waals surface area contributed by atoms with Crippen LogP contribution in [0.15, 0.2) is 85.3 Å². The van der Waals surface area contributed by atoms with Crippen molar-refractivity contribution in [2.75, 3.05) is 18.4 Å². The van der Waals surface area contributed by atoms with E-state index in [0.717, 1.165) is 59.8 Å². The van der Waals surface area contributed by atoms with Crippen LogP contribution < -0.4 is 11.1 Å². The second-order valence-electron chi connectivity index (χ2n) is 9.00. The molecule has 0 bridgehead atoms. The first-order chi connectivity index (χ1) is 16.5. The molecule has 1 aromatic heterocycles. The number of amides is 1. The van der Waals surface area contributed by atoms with Crippen molar-refractivity contribution in [1.29, 1.82) is 0 Å². The molecule has 1 aliphatic rings. The molecule has 4 aromatic rings. The Kier molecular flexibility index (Phi) is 6.25. The molecule has 172 valence electrons. The third kappa shape index (κ3) is 5.09. The number of nitrogens with one attached hydrogen (secondary N) is 1. The van der Waals surface area contributed by atoms with Crippen LogP contribution in [0, 0.1) is 6.92 Å². The molecule has 3 N–H and O–H groups in total. The van der Waals surface area contributed by atoms with E-state index < -0.39 is 0 Å². The highest BCUT2D eigenvalue weighted by Crippen LogP contribution is 2.24. The topological polar surface area (TPSA) is 76.2 Å². The van der Waals surface area contributed by atoms with E-state index >= 15 is 0 Å². The summed E-state index contributed by atoms with van der Waals surface area (Å²) in [6.07, 6.45) is 4.80. The van der Waals surface area contributed by atoms with E-state index in [2.05, 4.69) is 27.3 Å². The molecule has 3 aromatic carbocycles. The number of carbonyl (C=O) groups is 1. The van der Waals surface area contributed by atoms with E-state index in [9.17, 15) is 4.79 Å². The molecule has 1 amide bonds. The minimum Gasteiger partial charge on any atom is -0.326 e. The van der Waals surface area contributed by atoms with Crippen molar-refractivity contribution in [2.24, 2.45) is 5.73 Å². The van der Waals surface area contributed by atoms with Crippen LogP contribution in [0.1, 0.15) is 28.0 Å². The maximum absolute atomic E-state index is 13.2. The Morgan fingerprint density at radius 2 is 1.88 bits per heavy atom. The van der Waals surface area contributed by atoms with Crippen molar-refractivity contribution >= 4 is 11.6 Å². The molecule has 34 heavy (non-hydrogen) atoms. The lowest BCUT2D eigenvalue weighted by atomic mass is 10.0. The van der Waals surface area contributed by atoms with Gasteiger partial charge in [-0.25, -0.2) is 4.98 Å². The summed E-state index contributed by atoms with van der Waals surface area (Å²) in [5.41, 5.74) is 12.6. The van der Waals surface area contributed by atoms with Crippen LogP contribution in [0.4, 0.5) is 5.69 Å². The number of nitrogens with two attached hydrogens (primary N) is 1. The summed E-state index contributed by atoms with van der Waals surface area (Å²) in [5, 5.41) is 3.11. The number of hydrogen-bond donors (Lipinski definition) is 2. The Hall–Kier alpha value is -3.74. The molecule has 6 heteroatoms. The minimum atomic E-state index is -0.133. The normalized spacial score (nSPS) is 16.0. The monoisotopic (exact) mass is 451 g/mol. The number of hydrogen-bond acceptors (Lipinski definition) is 4. The number of benzene rings is 3. The molecule has 5 rings (SSSR count). The van der Waals surface area contributed by atoms with Gasteiger partial charge in [-0.2, -0.15) is 0 Å². The van der Waals surface area contributed by atoms with Crippen molar-refractivity contribution < 1.29 is 4.79 Å². The van der Waals surface area contributed by atoms with Gasteiger partial charge in [0.25, 0.3) is 5.91 Å². The summed E-state index contributed by atoms with van der Waals surface area (Å²) in [7, 11) is 0. The van der Waals surface area contributed by atoms with E-state index in [1.807, 2.05) is 78.4 Å². The third-order valence-corrected chi connectivity index (χ3v) is 6.19. The second kappa shape index (κ2) is 9.63. The van der Waals surface area contributed by atoms with Crippen LogP contribution in [-0.2, 0) is 6.54 Å². The molecule has 0 unspecified atom stereocenters. The van der Waals surface area contributed by atoms with Gasteiger partial charge in [-0.05, 0) is 60.4 Å². The fraction of sp³-hybridized carbons (Fsp3) is 0.214. The molecule has 1 saturated heterocycles. The highest BCUT2D eigenvalue weighted by atomic mass is 16.1. The van der Waals surface area contributed by atoms with E-state index in [0.29, 0.717) is 5.56 Å². The number of aryl methyl sites for hydroxylation is 1. The van der Waals surface area contributed by atoms with Gasteiger partial charge in [-0.1, -0.05) is 42.5 Å². The summed E-state index contributed by atoms with van der Waals surface area (Å²) in [6.45, 7) is 4.64. The van der Waals surface area contributed by atoms with Gasteiger partial charge in [-0.3, -0.25) is 9.69 Å². The average Bonchev–Trinajstić information content (AvgIpc) is 3.47. The summed E-state index contributed by atoms with van der Waals surface area (Å²) in [5.74, 6) is -0.133. The predicted octanol–water partition coefficient (Wildman–Crippen LogP) is 4.63. The fourth-order valence-electron chi connectivity index (χ4n) is 4.49. The summed E-state index contributed by atoms with van der Waals surface area (Å²) >= 11 is 0. The van der Waals surface area contributed by atoms with Crippen LogP contribution >= 0.6 is 0 Å². The quantitative estimate of drug-likeness (QED) is 0.448. The van der Waals surface area contributed by atoms with Crippen molar-refractivity contribution in [3.8, 4) is 16.8 Å². The zero-order chi connectivity index (χ0) is 23.5. The molecular formula is C28H29N5O. The molecule has 0 aliphatic carbocycles. The Morgan fingerprint density at radius 3 is 2.62 bits per heavy atom.